The number of hydrogen-bond donors (Lipinski definition) is 2. The zero-order chi connectivity index (χ0) is 21.7. The minimum absolute atomic E-state index is 0.112. The zero-order valence-corrected chi connectivity index (χ0v) is 15.7. The van der Waals surface area contributed by atoms with Crippen molar-refractivity contribution < 1.29 is 29.1 Å². The Kier molecular flexibility index (Phi) is 4.67. The number of pyridine rings is 1. The highest BCUT2D eigenvalue weighted by Gasteiger charge is 2.39. The standard InChI is InChI=1S/C19H18FN3O7/c20-12-7-10-14(22(9-4-5-9)8-11(17(10)24)18(25)26)16(23(29)30)15(12)21-6-2-1-3-13(21)19(27)28/h7-9,13H,1-6H2,(H,25,26)(H,27,28)/t13-/m1/s1. The van der Waals surface area contributed by atoms with E-state index in [4.69, 9.17) is 0 Å². The molecule has 1 saturated carbocycles. The number of piperidine rings is 1. The number of halogens is 1. The van der Waals surface area contributed by atoms with E-state index in [9.17, 15) is 34.7 Å². The quantitative estimate of drug-likeness (QED) is 0.556. The van der Waals surface area contributed by atoms with Crippen LogP contribution in [-0.2, 0) is 4.79 Å². The van der Waals surface area contributed by atoms with Crippen molar-refractivity contribution in [2.45, 2.75) is 44.2 Å². The van der Waals surface area contributed by atoms with Gasteiger partial charge in [0.15, 0.2) is 11.5 Å². The van der Waals surface area contributed by atoms with Crippen LogP contribution in [0.25, 0.3) is 10.9 Å². The van der Waals surface area contributed by atoms with Crippen LogP contribution in [-0.4, -0.2) is 44.2 Å². The summed E-state index contributed by atoms with van der Waals surface area (Å²) >= 11 is 0. The van der Waals surface area contributed by atoms with Crippen LogP contribution in [0.3, 0.4) is 0 Å². The Hall–Kier alpha value is -3.50. The minimum atomic E-state index is -1.51. The summed E-state index contributed by atoms with van der Waals surface area (Å²) in [6, 6.07) is -0.595. The van der Waals surface area contributed by atoms with Crippen LogP contribution < -0.4 is 10.3 Å². The van der Waals surface area contributed by atoms with Gasteiger partial charge in [0, 0.05) is 18.8 Å². The number of aromatic nitrogens is 1. The maximum Gasteiger partial charge on any atom is 0.341 e. The molecule has 0 spiro atoms. The Morgan fingerprint density at radius 2 is 1.90 bits per heavy atom. The van der Waals surface area contributed by atoms with Crippen molar-refractivity contribution in [2.24, 2.45) is 0 Å². The van der Waals surface area contributed by atoms with E-state index in [0.717, 1.165) is 12.3 Å². The van der Waals surface area contributed by atoms with E-state index in [1.807, 2.05) is 0 Å². The number of carbonyl (C=O) groups is 2. The largest absolute Gasteiger partial charge is 0.480 e. The Balaban J connectivity index is 2.10. The summed E-state index contributed by atoms with van der Waals surface area (Å²) in [5, 5.41) is 30.5. The van der Waals surface area contributed by atoms with Crippen LogP contribution in [0.2, 0.25) is 0 Å². The highest BCUT2D eigenvalue weighted by molar-refractivity contribution is 5.99. The van der Waals surface area contributed by atoms with Gasteiger partial charge in [0.05, 0.1) is 10.3 Å². The molecule has 1 atom stereocenters. The fourth-order valence-electron chi connectivity index (χ4n) is 4.15. The van der Waals surface area contributed by atoms with E-state index in [-0.39, 0.29) is 24.5 Å². The second kappa shape index (κ2) is 7.08. The average molecular weight is 419 g/mol. The molecule has 0 amide bonds. The summed E-state index contributed by atoms with van der Waals surface area (Å²) in [6.45, 7) is 0.112. The number of nitro benzene ring substituents is 1. The average Bonchev–Trinajstić information content (AvgIpc) is 3.52. The van der Waals surface area contributed by atoms with Gasteiger partial charge in [-0.15, -0.1) is 0 Å². The molecule has 1 aromatic carbocycles. The normalized spacial score (nSPS) is 19.1. The number of rotatable bonds is 5. The number of hydrogen-bond acceptors (Lipinski definition) is 6. The van der Waals surface area contributed by atoms with E-state index >= 15 is 4.39 Å². The monoisotopic (exact) mass is 419 g/mol. The molecule has 0 unspecified atom stereocenters. The Morgan fingerprint density at radius 1 is 1.20 bits per heavy atom. The lowest BCUT2D eigenvalue weighted by Gasteiger charge is -2.34. The number of anilines is 1. The molecule has 2 aliphatic rings. The molecule has 1 saturated heterocycles. The Labute approximate surface area is 168 Å². The summed E-state index contributed by atoms with van der Waals surface area (Å²) in [5.41, 5.74) is -2.98. The van der Waals surface area contributed by atoms with E-state index in [0.29, 0.717) is 25.7 Å². The summed E-state index contributed by atoms with van der Waals surface area (Å²) in [5.74, 6) is -3.85. The molecule has 1 aliphatic heterocycles. The van der Waals surface area contributed by atoms with Gasteiger partial charge in [-0.25, -0.2) is 14.0 Å². The highest BCUT2D eigenvalue weighted by atomic mass is 19.1. The molecule has 158 valence electrons. The van der Waals surface area contributed by atoms with E-state index in [2.05, 4.69) is 0 Å². The predicted octanol–water partition coefficient (Wildman–Crippen LogP) is 2.53. The first kappa shape index (κ1) is 19.8. The van der Waals surface area contributed by atoms with Gasteiger partial charge in [-0.1, -0.05) is 0 Å². The van der Waals surface area contributed by atoms with E-state index in [1.165, 1.54) is 9.47 Å². The number of fused-ring (bicyclic) bond motifs is 1. The highest BCUT2D eigenvalue weighted by Crippen LogP contribution is 2.44. The molecule has 1 aliphatic carbocycles. The second-order valence-corrected chi connectivity index (χ2v) is 7.57. The van der Waals surface area contributed by atoms with Gasteiger partial charge in [0.1, 0.15) is 17.1 Å². The first-order valence-electron chi connectivity index (χ1n) is 9.50. The summed E-state index contributed by atoms with van der Waals surface area (Å²) in [7, 11) is 0. The van der Waals surface area contributed by atoms with Crippen LogP contribution in [0.5, 0.6) is 0 Å². The van der Waals surface area contributed by atoms with Gasteiger partial charge in [-0.3, -0.25) is 14.9 Å². The minimum Gasteiger partial charge on any atom is -0.480 e. The molecular formula is C19H18FN3O7. The van der Waals surface area contributed by atoms with Crippen LogP contribution in [0.15, 0.2) is 17.1 Å². The third-order valence-corrected chi connectivity index (χ3v) is 5.64. The lowest BCUT2D eigenvalue weighted by Crippen LogP contribution is -2.45. The molecule has 10 nitrogen and oxygen atoms in total. The van der Waals surface area contributed by atoms with Crippen LogP contribution in [0.4, 0.5) is 15.8 Å². The van der Waals surface area contributed by atoms with Crippen LogP contribution in [0, 0.1) is 15.9 Å². The number of nitrogens with zero attached hydrogens (tertiary/aromatic N) is 3. The smallest absolute Gasteiger partial charge is 0.341 e. The van der Waals surface area contributed by atoms with Gasteiger partial charge in [0.25, 0.3) is 0 Å². The number of aromatic carboxylic acids is 1. The molecule has 11 heteroatoms. The van der Waals surface area contributed by atoms with Crippen molar-refractivity contribution in [2.75, 3.05) is 11.4 Å². The van der Waals surface area contributed by atoms with Crippen molar-refractivity contribution in [3.05, 3.63) is 44.0 Å². The van der Waals surface area contributed by atoms with E-state index in [1.54, 1.807) is 0 Å². The van der Waals surface area contributed by atoms with Crippen molar-refractivity contribution in [1.82, 2.24) is 4.57 Å². The van der Waals surface area contributed by atoms with Gasteiger partial charge >= 0.3 is 17.6 Å². The lowest BCUT2D eigenvalue weighted by molar-refractivity contribution is -0.382. The molecule has 0 radical (unpaired) electrons. The second-order valence-electron chi connectivity index (χ2n) is 7.57. The molecule has 2 fully saturated rings. The summed E-state index contributed by atoms with van der Waals surface area (Å²) in [6.07, 6.45) is 3.64. The summed E-state index contributed by atoms with van der Waals surface area (Å²) in [4.78, 5) is 48.3. The van der Waals surface area contributed by atoms with Gasteiger partial charge in [-0.2, -0.15) is 0 Å². The first-order valence-corrected chi connectivity index (χ1v) is 9.50. The zero-order valence-electron chi connectivity index (χ0n) is 15.7. The van der Waals surface area contributed by atoms with Crippen molar-refractivity contribution in [3.8, 4) is 0 Å². The Morgan fingerprint density at radius 3 is 2.47 bits per heavy atom. The molecule has 30 heavy (non-hydrogen) atoms. The fourth-order valence-corrected chi connectivity index (χ4v) is 4.15. The molecule has 4 rings (SSSR count). The lowest BCUT2D eigenvalue weighted by atomic mass is 9.99. The molecule has 2 aromatic rings. The first-order chi connectivity index (χ1) is 14.2. The summed E-state index contributed by atoms with van der Waals surface area (Å²) < 4.78 is 16.5. The topological polar surface area (TPSA) is 143 Å². The Bertz CT molecular complexity index is 1160. The maximum absolute atomic E-state index is 15.2. The number of carboxylic acids is 2. The van der Waals surface area contributed by atoms with E-state index < -0.39 is 56.5 Å². The maximum atomic E-state index is 15.2. The molecule has 2 heterocycles. The number of nitro groups is 1. The molecule has 2 N–H and O–H groups in total. The third-order valence-electron chi connectivity index (χ3n) is 5.64. The fraction of sp³-hybridized carbons (Fsp3) is 0.421. The molecule has 0 bridgehead atoms. The number of carboxylic acid groups (broad SMARTS) is 2. The van der Waals surface area contributed by atoms with Crippen LogP contribution >= 0.6 is 0 Å². The van der Waals surface area contributed by atoms with Gasteiger partial charge < -0.3 is 19.7 Å². The predicted molar refractivity (Wildman–Crippen MR) is 103 cm³/mol. The molecule has 1 aromatic heterocycles. The third kappa shape index (κ3) is 3.06. The number of aliphatic carboxylic acids is 1. The van der Waals surface area contributed by atoms with Gasteiger partial charge in [-0.05, 0) is 38.2 Å². The van der Waals surface area contributed by atoms with Crippen molar-refractivity contribution >= 4 is 34.2 Å². The SMILES string of the molecule is O=C(O)c1cn(C2CC2)c2c([N+](=O)[O-])c(N3CCCC[C@@H]3C(=O)O)c(F)cc2c1=O. The number of benzene rings is 1. The van der Waals surface area contributed by atoms with Crippen molar-refractivity contribution in [1.29, 1.82) is 0 Å². The van der Waals surface area contributed by atoms with Gasteiger partial charge in [0.2, 0.25) is 5.43 Å². The molecular weight excluding hydrogens is 401 g/mol. The van der Waals surface area contributed by atoms with Crippen LogP contribution in [0.1, 0.15) is 48.5 Å². The van der Waals surface area contributed by atoms with Crippen molar-refractivity contribution in [3.63, 3.8) is 0 Å².